The highest BCUT2D eigenvalue weighted by Gasteiger charge is 2.08. The summed E-state index contributed by atoms with van der Waals surface area (Å²) in [5.74, 6) is 0. The van der Waals surface area contributed by atoms with Gasteiger partial charge < -0.3 is 5.32 Å². The van der Waals surface area contributed by atoms with E-state index in [1.165, 1.54) is 12.1 Å². The molecule has 1 aromatic carbocycles. The molecule has 18 heavy (non-hydrogen) atoms. The van der Waals surface area contributed by atoms with Crippen molar-refractivity contribution in [1.29, 1.82) is 0 Å². The van der Waals surface area contributed by atoms with Crippen LogP contribution in [0.1, 0.15) is 35.5 Å². The Morgan fingerprint density at radius 3 is 2.56 bits per heavy atom. The second-order valence-electron chi connectivity index (χ2n) is 4.02. The summed E-state index contributed by atoms with van der Waals surface area (Å²) >= 11 is 1.60. The SMILES string of the molecule is CC(NCc1ccc(C(F)F)cc1)c1nccs1. The summed E-state index contributed by atoms with van der Waals surface area (Å²) in [5, 5.41) is 6.27. The van der Waals surface area contributed by atoms with E-state index >= 15 is 0 Å². The van der Waals surface area contributed by atoms with Crippen LogP contribution in [0.4, 0.5) is 8.78 Å². The Morgan fingerprint density at radius 2 is 2.00 bits per heavy atom. The average Bonchev–Trinajstić information content (AvgIpc) is 2.90. The Balaban J connectivity index is 1.90. The molecule has 0 spiro atoms. The van der Waals surface area contributed by atoms with E-state index in [1.54, 1.807) is 29.7 Å². The lowest BCUT2D eigenvalue weighted by atomic mass is 10.1. The van der Waals surface area contributed by atoms with Gasteiger partial charge in [-0.1, -0.05) is 24.3 Å². The van der Waals surface area contributed by atoms with Gasteiger partial charge in [0.25, 0.3) is 6.43 Å². The second kappa shape index (κ2) is 6.02. The molecular weight excluding hydrogens is 254 g/mol. The van der Waals surface area contributed by atoms with Crippen molar-refractivity contribution < 1.29 is 8.78 Å². The Bertz CT molecular complexity index is 468. The largest absolute Gasteiger partial charge is 0.304 e. The molecule has 5 heteroatoms. The second-order valence-corrected chi connectivity index (χ2v) is 4.94. The molecule has 0 aliphatic carbocycles. The maximum atomic E-state index is 12.4. The molecule has 0 saturated carbocycles. The van der Waals surface area contributed by atoms with Crippen molar-refractivity contribution in [2.24, 2.45) is 0 Å². The predicted octanol–water partition coefficient (Wildman–Crippen LogP) is 3.93. The van der Waals surface area contributed by atoms with Crippen molar-refractivity contribution in [2.45, 2.75) is 25.9 Å². The quantitative estimate of drug-likeness (QED) is 0.888. The van der Waals surface area contributed by atoms with Crippen LogP contribution in [-0.4, -0.2) is 4.98 Å². The molecular formula is C13H14F2N2S. The van der Waals surface area contributed by atoms with E-state index in [0.717, 1.165) is 10.6 Å². The van der Waals surface area contributed by atoms with Gasteiger partial charge in [-0.3, -0.25) is 0 Å². The van der Waals surface area contributed by atoms with Crippen LogP contribution in [0.15, 0.2) is 35.8 Å². The zero-order valence-electron chi connectivity index (χ0n) is 9.94. The third-order valence-electron chi connectivity index (χ3n) is 2.67. The number of hydrogen-bond donors (Lipinski definition) is 1. The van der Waals surface area contributed by atoms with Crippen molar-refractivity contribution in [1.82, 2.24) is 10.3 Å². The third-order valence-corrected chi connectivity index (χ3v) is 3.62. The van der Waals surface area contributed by atoms with E-state index in [-0.39, 0.29) is 11.6 Å². The van der Waals surface area contributed by atoms with Gasteiger partial charge in [0.1, 0.15) is 5.01 Å². The number of nitrogens with zero attached hydrogens (tertiary/aromatic N) is 1. The first-order valence-corrected chi connectivity index (χ1v) is 6.54. The summed E-state index contributed by atoms with van der Waals surface area (Å²) in [7, 11) is 0. The highest BCUT2D eigenvalue weighted by atomic mass is 32.1. The van der Waals surface area contributed by atoms with Gasteiger partial charge in [0.05, 0.1) is 6.04 Å². The predicted molar refractivity (Wildman–Crippen MR) is 68.8 cm³/mol. The number of nitrogens with one attached hydrogen (secondary N) is 1. The topological polar surface area (TPSA) is 24.9 Å². The van der Waals surface area contributed by atoms with Crippen LogP contribution in [0, 0.1) is 0 Å². The number of rotatable bonds is 5. The number of thiazole rings is 1. The normalized spacial score (nSPS) is 12.9. The first-order valence-electron chi connectivity index (χ1n) is 5.66. The van der Waals surface area contributed by atoms with Gasteiger partial charge in [-0.2, -0.15) is 0 Å². The number of alkyl halides is 2. The van der Waals surface area contributed by atoms with Crippen molar-refractivity contribution in [3.63, 3.8) is 0 Å². The third kappa shape index (κ3) is 3.34. The summed E-state index contributed by atoms with van der Waals surface area (Å²) in [6, 6.07) is 6.55. The average molecular weight is 268 g/mol. The van der Waals surface area contributed by atoms with Crippen LogP contribution < -0.4 is 5.32 Å². The van der Waals surface area contributed by atoms with E-state index in [4.69, 9.17) is 0 Å². The Labute approximate surface area is 109 Å². The molecule has 1 N–H and O–H groups in total. The number of benzene rings is 1. The van der Waals surface area contributed by atoms with E-state index in [2.05, 4.69) is 10.3 Å². The summed E-state index contributed by atoms with van der Waals surface area (Å²) in [5.41, 5.74) is 1.05. The first kappa shape index (κ1) is 13.1. The molecule has 1 atom stereocenters. The minimum atomic E-state index is -2.40. The van der Waals surface area contributed by atoms with Crippen LogP contribution in [0.3, 0.4) is 0 Å². The highest BCUT2D eigenvalue weighted by Crippen LogP contribution is 2.19. The number of aromatic nitrogens is 1. The van der Waals surface area contributed by atoms with E-state index < -0.39 is 6.43 Å². The van der Waals surface area contributed by atoms with Gasteiger partial charge in [-0.05, 0) is 12.5 Å². The minimum Gasteiger partial charge on any atom is -0.304 e. The molecule has 2 nitrogen and oxygen atoms in total. The summed E-state index contributed by atoms with van der Waals surface area (Å²) in [6.07, 6.45) is -0.628. The van der Waals surface area contributed by atoms with Gasteiger partial charge in [0.15, 0.2) is 0 Å². The number of halogens is 2. The van der Waals surface area contributed by atoms with Crippen LogP contribution in [-0.2, 0) is 6.54 Å². The lowest BCUT2D eigenvalue weighted by molar-refractivity contribution is 0.151. The molecule has 1 heterocycles. The lowest BCUT2D eigenvalue weighted by Gasteiger charge is -2.11. The minimum absolute atomic E-state index is 0.0618. The van der Waals surface area contributed by atoms with E-state index in [9.17, 15) is 8.78 Å². The molecule has 1 aromatic heterocycles. The van der Waals surface area contributed by atoms with Gasteiger partial charge in [0, 0.05) is 23.7 Å². The van der Waals surface area contributed by atoms with Crippen LogP contribution in [0.5, 0.6) is 0 Å². The monoisotopic (exact) mass is 268 g/mol. The zero-order chi connectivity index (χ0) is 13.0. The number of hydrogen-bond acceptors (Lipinski definition) is 3. The molecule has 0 bridgehead atoms. The maximum absolute atomic E-state index is 12.4. The first-order chi connectivity index (χ1) is 8.66. The van der Waals surface area contributed by atoms with Crippen LogP contribution in [0.2, 0.25) is 0 Å². The molecule has 0 amide bonds. The standard InChI is InChI=1S/C13H14F2N2S/c1-9(13-16-6-7-18-13)17-8-10-2-4-11(5-3-10)12(14)15/h2-7,9,12,17H,8H2,1H3. The summed E-state index contributed by atoms with van der Waals surface area (Å²) < 4.78 is 24.8. The molecule has 2 rings (SSSR count). The summed E-state index contributed by atoms with van der Waals surface area (Å²) in [4.78, 5) is 4.22. The molecule has 96 valence electrons. The fourth-order valence-corrected chi connectivity index (χ4v) is 2.26. The van der Waals surface area contributed by atoms with Crippen molar-refractivity contribution in [3.8, 4) is 0 Å². The molecule has 0 saturated heterocycles. The van der Waals surface area contributed by atoms with Gasteiger partial charge in [-0.25, -0.2) is 13.8 Å². The Morgan fingerprint density at radius 1 is 1.28 bits per heavy atom. The molecule has 0 radical (unpaired) electrons. The van der Waals surface area contributed by atoms with Crippen LogP contribution >= 0.6 is 11.3 Å². The molecule has 0 fully saturated rings. The van der Waals surface area contributed by atoms with Crippen molar-refractivity contribution >= 4 is 11.3 Å². The zero-order valence-corrected chi connectivity index (χ0v) is 10.8. The highest BCUT2D eigenvalue weighted by molar-refractivity contribution is 7.09. The van der Waals surface area contributed by atoms with E-state index in [1.807, 2.05) is 12.3 Å². The van der Waals surface area contributed by atoms with Crippen LogP contribution in [0.25, 0.3) is 0 Å². The van der Waals surface area contributed by atoms with Crippen molar-refractivity contribution in [2.75, 3.05) is 0 Å². The van der Waals surface area contributed by atoms with Gasteiger partial charge in [-0.15, -0.1) is 11.3 Å². The molecule has 0 aliphatic rings. The molecule has 2 aromatic rings. The lowest BCUT2D eigenvalue weighted by Crippen LogP contribution is -2.17. The van der Waals surface area contributed by atoms with Gasteiger partial charge >= 0.3 is 0 Å². The fourth-order valence-electron chi connectivity index (χ4n) is 1.59. The van der Waals surface area contributed by atoms with Gasteiger partial charge in [0.2, 0.25) is 0 Å². The smallest absolute Gasteiger partial charge is 0.263 e. The molecule has 1 unspecified atom stereocenters. The summed E-state index contributed by atoms with van der Waals surface area (Å²) in [6.45, 7) is 2.68. The fraction of sp³-hybridized carbons (Fsp3) is 0.308. The Hall–Kier alpha value is -1.33. The van der Waals surface area contributed by atoms with E-state index in [0.29, 0.717) is 6.54 Å². The molecule has 0 aliphatic heterocycles. The maximum Gasteiger partial charge on any atom is 0.263 e. The van der Waals surface area contributed by atoms with Crippen molar-refractivity contribution in [3.05, 3.63) is 52.0 Å². The Kier molecular flexibility index (Phi) is 4.38.